The number of halogens is 6. The summed E-state index contributed by atoms with van der Waals surface area (Å²) in [6, 6.07) is 4.66. The topological polar surface area (TPSA) is 119 Å². The number of alkyl halides is 4. The molecule has 2 atom stereocenters. The van der Waals surface area contributed by atoms with E-state index in [0.29, 0.717) is 15.0 Å². The van der Waals surface area contributed by atoms with Crippen LogP contribution >= 0.6 is 11.6 Å². The number of tetrazole rings is 1. The molecule has 0 spiro atoms. The Labute approximate surface area is 226 Å². The fraction of sp³-hybridized carbons (Fsp3) is 0.261. The quantitative estimate of drug-likeness (QED) is 0.153. The van der Waals surface area contributed by atoms with E-state index in [1.807, 2.05) is 0 Å². The standard InChI is InChI=1S/C23H16ClF5N10O/c24-15-2-4-18(38-11-30-33-35-38)20(21(15)25)12-1-3-17(39(40)9-12)19(5-14-6-23(14,28)29)36-8-13(7-31-36)16-10-37(22(26)27)34-32-16/h1-4,7-11,14,19,22H,5-6H2/t14-,19+/m0/s1. The molecule has 17 heteroatoms. The average molecular weight is 579 g/mol. The summed E-state index contributed by atoms with van der Waals surface area (Å²) in [5.74, 6) is -4.70. The lowest BCUT2D eigenvalue weighted by Gasteiger charge is -2.18. The molecule has 0 amide bonds. The van der Waals surface area contributed by atoms with Crippen LogP contribution in [-0.4, -0.2) is 50.9 Å². The second-order valence-corrected chi connectivity index (χ2v) is 9.57. The maximum atomic E-state index is 15.2. The maximum Gasteiger partial charge on any atom is 0.334 e. The third-order valence-corrected chi connectivity index (χ3v) is 6.93. The van der Waals surface area contributed by atoms with Crippen molar-refractivity contribution in [1.29, 1.82) is 0 Å². The van der Waals surface area contributed by atoms with Crippen molar-refractivity contribution in [3.63, 3.8) is 0 Å². The van der Waals surface area contributed by atoms with Crippen LogP contribution in [0.25, 0.3) is 28.1 Å². The molecule has 11 nitrogen and oxygen atoms in total. The first-order chi connectivity index (χ1) is 19.1. The number of hydrogen-bond acceptors (Lipinski definition) is 7. The van der Waals surface area contributed by atoms with Crippen LogP contribution < -0.4 is 4.73 Å². The van der Waals surface area contributed by atoms with Gasteiger partial charge in [-0.3, -0.25) is 4.68 Å². The molecule has 0 radical (unpaired) electrons. The van der Waals surface area contributed by atoms with Crippen molar-refractivity contribution in [1.82, 2.24) is 45.0 Å². The normalized spacial score (nSPS) is 16.9. The SMILES string of the molecule is [O-][n+]1cc(-c2c(-n3cnnn3)ccc(Cl)c2F)ccc1[C@@H](C[C@H]1CC1(F)F)n1cc(-c2cn(C(F)F)nn2)cn1. The molecule has 1 aliphatic carbocycles. The van der Waals surface area contributed by atoms with Gasteiger partial charge in [0.05, 0.1) is 34.2 Å². The van der Waals surface area contributed by atoms with Crippen LogP contribution in [-0.2, 0) is 0 Å². The fourth-order valence-electron chi connectivity index (χ4n) is 4.48. The van der Waals surface area contributed by atoms with Crippen molar-refractivity contribution in [3.8, 4) is 28.1 Å². The van der Waals surface area contributed by atoms with Gasteiger partial charge >= 0.3 is 6.55 Å². The summed E-state index contributed by atoms with van der Waals surface area (Å²) in [6.07, 6.45) is 5.58. The molecule has 5 aromatic rings. The predicted octanol–water partition coefficient (Wildman–Crippen LogP) is 4.24. The van der Waals surface area contributed by atoms with Gasteiger partial charge < -0.3 is 5.21 Å². The van der Waals surface area contributed by atoms with Crippen LogP contribution in [0.1, 0.15) is 31.1 Å². The molecule has 1 aliphatic rings. The summed E-state index contributed by atoms with van der Waals surface area (Å²) in [5, 5.41) is 35.2. The highest BCUT2D eigenvalue weighted by molar-refractivity contribution is 6.31. The van der Waals surface area contributed by atoms with Gasteiger partial charge in [-0.25, -0.2) is 13.2 Å². The Morgan fingerprint density at radius 2 is 1.90 bits per heavy atom. The molecule has 4 aromatic heterocycles. The van der Waals surface area contributed by atoms with Crippen molar-refractivity contribution in [3.05, 3.63) is 77.1 Å². The van der Waals surface area contributed by atoms with Gasteiger partial charge in [0.15, 0.2) is 12.0 Å². The third kappa shape index (κ3) is 4.63. The number of pyridine rings is 1. The molecule has 0 aliphatic heterocycles. The molecule has 40 heavy (non-hydrogen) atoms. The molecule has 0 unspecified atom stereocenters. The van der Waals surface area contributed by atoms with Crippen LogP contribution in [0.3, 0.4) is 0 Å². The zero-order valence-electron chi connectivity index (χ0n) is 20.0. The Balaban J connectivity index is 1.39. The highest BCUT2D eigenvalue weighted by Crippen LogP contribution is 2.53. The van der Waals surface area contributed by atoms with Gasteiger partial charge in [0.2, 0.25) is 5.69 Å². The Morgan fingerprint density at radius 1 is 1.10 bits per heavy atom. The molecule has 0 bridgehead atoms. The van der Waals surface area contributed by atoms with E-state index in [9.17, 15) is 22.8 Å². The number of rotatable bonds is 8. The number of nitrogens with zero attached hydrogens (tertiary/aromatic N) is 10. The van der Waals surface area contributed by atoms with Crippen LogP contribution in [0.5, 0.6) is 0 Å². The van der Waals surface area contributed by atoms with Crippen molar-refractivity contribution in [2.75, 3.05) is 0 Å². The largest absolute Gasteiger partial charge is 0.618 e. The molecule has 206 valence electrons. The lowest BCUT2D eigenvalue weighted by atomic mass is 10.0. The molecule has 1 aromatic carbocycles. The summed E-state index contributed by atoms with van der Waals surface area (Å²) >= 11 is 6.01. The highest BCUT2D eigenvalue weighted by Gasteiger charge is 2.57. The van der Waals surface area contributed by atoms with Gasteiger partial charge in [0.1, 0.15) is 18.1 Å². The van der Waals surface area contributed by atoms with E-state index in [4.69, 9.17) is 11.6 Å². The summed E-state index contributed by atoms with van der Waals surface area (Å²) in [6.45, 7) is -2.90. The van der Waals surface area contributed by atoms with Gasteiger partial charge in [-0.2, -0.15) is 28.0 Å². The molecule has 6 rings (SSSR count). The predicted molar refractivity (Wildman–Crippen MR) is 127 cm³/mol. The van der Waals surface area contributed by atoms with Gasteiger partial charge in [-0.1, -0.05) is 16.8 Å². The van der Waals surface area contributed by atoms with E-state index in [1.54, 1.807) is 0 Å². The summed E-state index contributed by atoms with van der Waals surface area (Å²) in [7, 11) is 0. The minimum absolute atomic E-state index is 0.0451. The zero-order valence-corrected chi connectivity index (χ0v) is 20.7. The first kappa shape index (κ1) is 25.8. The first-order valence-corrected chi connectivity index (χ1v) is 12.1. The van der Waals surface area contributed by atoms with E-state index in [1.165, 1.54) is 52.4 Å². The first-order valence-electron chi connectivity index (χ1n) is 11.7. The molecule has 4 heterocycles. The lowest BCUT2D eigenvalue weighted by molar-refractivity contribution is -0.615. The zero-order chi connectivity index (χ0) is 28.2. The van der Waals surface area contributed by atoms with E-state index >= 15 is 4.39 Å². The lowest BCUT2D eigenvalue weighted by Crippen LogP contribution is -2.36. The van der Waals surface area contributed by atoms with Gasteiger partial charge in [-0.15, -0.1) is 10.2 Å². The Bertz CT molecular complexity index is 1690. The minimum Gasteiger partial charge on any atom is -0.618 e. The van der Waals surface area contributed by atoms with Crippen LogP contribution in [0, 0.1) is 16.9 Å². The van der Waals surface area contributed by atoms with E-state index in [-0.39, 0.29) is 46.1 Å². The number of aromatic nitrogens is 10. The Morgan fingerprint density at radius 3 is 2.55 bits per heavy atom. The second kappa shape index (κ2) is 9.62. The summed E-state index contributed by atoms with van der Waals surface area (Å²) < 4.78 is 72.1. The number of benzene rings is 1. The molecule has 1 saturated carbocycles. The molecular weight excluding hydrogens is 563 g/mol. The van der Waals surface area contributed by atoms with Crippen molar-refractivity contribution >= 4 is 11.6 Å². The van der Waals surface area contributed by atoms with E-state index < -0.39 is 30.2 Å². The Hall–Kier alpha value is -4.47. The maximum absolute atomic E-state index is 15.2. The van der Waals surface area contributed by atoms with Crippen molar-refractivity contribution < 1.29 is 26.7 Å². The number of hydrogen-bond donors (Lipinski definition) is 0. The van der Waals surface area contributed by atoms with Gasteiger partial charge in [0, 0.05) is 30.2 Å². The van der Waals surface area contributed by atoms with Crippen LogP contribution in [0.15, 0.2) is 55.4 Å². The molecule has 1 fully saturated rings. The van der Waals surface area contributed by atoms with Crippen molar-refractivity contribution in [2.45, 2.75) is 31.4 Å². The smallest absolute Gasteiger partial charge is 0.334 e. The van der Waals surface area contributed by atoms with Crippen LogP contribution in [0.4, 0.5) is 22.0 Å². The Kier molecular flexibility index (Phi) is 6.20. The molecular formula is C23H16ClF5N10O. The van der Waals surface area contributed by atoms with Crippen LogP contribution in [0.2, 0.25) is 5.02 Å². The fourth-order valence-corrected chi connectivity index (χ4v) is 4.64. The summed E-state index contributed by atoms with van der Waals surface area (Å²) in [4.78, 5) is 0. The average Bonchev–Trinajstić information content (AvgIpc) is 3.50. The third-order valence-electron chi connectivity index (χ3n) is 6.63. The van der Waals surface area contributed by atoms with Gasteiger partial charge in [0.25, 0.3) is 5.92 Å². The monoisotopic (exact) mass is 578 g/mol. The van der Waals surface area contributed by atoms with E-state index in [2.05, 4.69) is 30.9 Å². The van der Waals surface area contributed by atoms with Crippen molar-refractivity contribution in [2.24, 2.45) is 5.92 Å². The minimum atomic E-state index is -2.90. The highest BCUT2D eigenvalue weighted by atomic mass is 35.5. The summed E-state index contributed by atoms with van der Waals surface area (Å²) in [5.41, 5.74) is 0.708. The van der Waals surface area contributed by atoms with Gasteiger partial charge in [-0.05, 0) is 35.0 Å². The van der Waals surface area contributed by atoms with E-state index in [0.717, 1.165) is 12.4 Å². The molecule has 0 saturated heterocycles. The second-order valence-electron chi connectivity index (χ2n) is 9.16. The molecule has 0 N–H and O–H groups in total.